The fourth-order valence-electron chi connectivity index (χ4n) is 1.57. The third-order valence-corrected chi connectivity index (χ3v) is 3.38. The Hall–Kier alpha value is -2.15. The van der Waals surface area contributed by atoms with Gasteiger partial charge in [0.1, 0.15) is 5.56 Å². The summed E-state index contributed by atoms with van der Waals surface area (Å²) in [6.45, 7) is 1.51. The standard InChI is InChI=1S/C12H12N2O4S/c1-8-10(12(18-14-8)19(2,16)17)11(15)13-9-6-4-3-5-7-9/h3-7H,1-2H3,(H,13,15). The van der Waals surface area contributed by atoms with E-state index in [4.69, 9.17) is 4.52 Å². The van der Waals surface area contributed by atoms with Crippen molar-refractivity contribution in [2.45, 2.75) is 12.0 Å². The van der Waals surface area contributed by atoms with Gasteiger partial charge in [0.15, 0.2) is 0 Å². The quantitative estimate of drug-likeness (QED) is 0.923. The van der Waals surface area contributed by atoms with E-state index in [9.17, 15) is 13.2 Å². The van der Waals surface area contributed by atoms with Gasteiger partial charge in [-0.2, -0.15) is 0 Å². The van der Waals surface area contributed by atoms with Gasteiger partial charge in [-0.05, 0) is 19.1 Å². The zero-order valence-electron chi connectivity index (χ0n) is 10.4. The van der Waals surface area contributed by atoms with Gasteiger partial charge in [-0.25, -0.2) is 8.42 Å². The molecule has 1 aromatic carbocycles. The summed E-state index contributed by atoms with van der Waals surface area (Å²) in [4.78, 5) is 12.1. The maximum absolute atomic E-state index is 12.1. The Balaban J connectivity index is 2.38. The van der Waals surface area contributed by atoms with Gasteiger partial charge in [0, 0.05) is 11.9 Å². The van der Waals surface area contributed by atoms with E-state index in [0.29, 0.717) is 5.69 Å². The van der Waals surface area contributed by atoms with Crippen molar-refractivity contribution in [3.05, 3.63) is 41.6 Å². The first-order valence-electron chi connectivity index (χ1n) is 5.42. The Morgan fingerprint density at radius 1 is 1.26 bits per heavy atom. The van der Waals surface area contributed by atoms with Gasteiger partial charge in [0.25, 0.3) is 11.0 Å². The lowest BCUT2D eigenvalue weighted by Crippen LogP contribution is -2.15. The highest BCUT2D eigenvalue weighted by atomic mass is 32.2. The van der Waals surface area contributed by atoms with Crippen LogP contribution in [0.1, 0.15) is 16.1 Å². The van der Waals surface area contributed by atoms with E-state index in [-0.39, 0.29) is 11.3 Å². The fraction of sp³-hybridized carbons (Fsp3) is 0.167. The number of rotatable bonds is 3. The van der Waals surface area contributed by atoms with Crippen molar-refractivity contribution in [1.29, 1.82) is 0 Å². The Bertz CT molecular complexity index is 705. The third kappa shape index (κ3) is 2.82. The van der Waals surface area contributed by atoms with Crippen LogP contribution in [0.5, 0.6) is 0 Å². The molecular weight excluding hydrogens is 268 g/mol. The second-order valence-corrected chi connectivity index (χ2v) is 5.94. The van der Waals surface area contributed by atoms with Crippen LogP contribution in [0.2, 0.25) is 0 Å². The van der Waals surface area contributed by atoms with Crippen molar-refractivity contribution in [3.8, 4) is 0 Å². The highest BCUT2D eigenvalue weighted by molar-refractivity contribution is 7.90. The van der Waals surface area contributed by atoms with Crippen molar-refractivity contribution in [3.63, 3.8) is 0 Å². The Labute approximate surface area is 110 Å². The topological polar surface area (TPSA) is 89.3 Å². The molecule has 1 heterocycles. The molecule has 1 aromatic heterocycles. The van der Waals surface area contributed by atoms with Gasteiger partial charge in [-0.1, -0.05) is 23.4 Å². The number of benzene rings is 1. The highest BCUT2D eigenvalue weighted by Gasteiger charge is 2.27. The fourth-order valence-corrected chi connectivity index (χ4v) is 2.36. The Kier molecular flexibility index (Phi) is 3.39. The first-order chi connectivity index (χ1) is 8.89. The monoisotopic (exact) mass is 280 g/mol. The van der Waals surface area contributed by atoms with Gasteiger partial charge in [-0.3, -0.25) is 4.79 Å². The predicted molar refractivity (Wildman–Crippen MR) is 68.7 cm³/mol. The summed E-state index contributed by atoms with van der Waals surface area (Å²) in [5.41, 5.74) is 0.729. The number of sulfone groups is 1. The zero-order chi connectivity index (χ0) is 14.0. The minimum absolute atomic E-state index is 0.0636. The van der Waals surface area contributed by atoms with E-state index in [1.807, 2.05) is 6.07 Å². The number of carbonyl (C=O) groups is 1. The number of aryl methyl sites for hydroxylation is 1. The molecule has 0 aliphatic rings. The summed E-state index contributed by atoms with van der Waals surface area (Å²) >= 11 is 0. The molecule has 1 amide bonds. The van der Waals surface area contributed by atoms with E-state index < -0.39 is 20.8 Å². The average Bonchev–Trinajstić information content (AvgIpc) is 2.72. The van der Waals surface area contributed by atoms with Gasteiger partial charge in [0.2, 0.25) is 9.84 Å². The number of anilines is 1. The Morgan fingerprint density at radius 3 is 2.47 bits per heavy atom. The second kappa shape index (κ2) is 4.85. The van der Waals surface area contributed by atoms with Crippen molar-refractivity contribution in [2.75, 3.05) is 11.6 Å². The number of nitrogens with zero attached hydrogens (tertiary/aromatic N) is 1. The van der Waals surface area contributed by atoms with Crippen molar-refractivity contribution in [2.24, 2.45) is 0 Å². The molecule has 100 valence electrons. The van der Waals surface area contributed by atoms with E-state index in [1.165, 1.54) is 6.92 Å². The molecule has 0 saturated carbocycles. The lowest BCUT2D eigenvalue weighted by molar-refractivity contribution is 0.102. The molecule has 1 N–H and O–H groups in total. The lowest BCUT2D eigenvalue weighted by atomic mass is 10.2. The molecule has 0 spiro atoms. The molecule has 2 rings (SSSR count). The van der Waals surface area contributed by atoms with Crippen LogP contribution >= 0.6 is 0 Å². The van der Waals surface area contributed by atoms with E-state index in [1.54, 1.807) is 24.3 Å². The van der Waals surface area contributed by atoms with Gasteiger partial charge in [-0.15, -0.1) is 0 Å². The van der Waals surface area contributed by atoms with E-state index in [0.717, 1.165) is 6.26 Å². The van der Waals surface area contributed by atoms with Crippen LogP contribution in [-0.4, -0.2) is 25.7 Å². The van der Waals surface area contributed by atoms with Crippen molar-refractivity contribution >= 4 is 21.4 Å². The first-order valence-corrected chi connectivity index (χ1v) is 7.31. The molecule has 0 aliphatic carbocycles. The molecule has 0 bridgehead atoms. The molecule has 6 nitrogen and oxygen atoms in total. The average molecular weight is 280 g/mol. The predicted octanol–water partition coefficient (Wildman–Crippen LogP) is 1.64. The number of hydrogen-bond acceptors (Lipinski definition) is 5. The second-order valence-electron chi connectivity index (χ2n) is 4.02. The molecule has 7 heteroatoms. The largest absolute Gasteiger partial charge is 0.343 e. The molecular formula is C12H12N2O4S. The summed E-state index contributed by atoms with van der Waals surface area (Å²) in [6, 6.07) is 8.71. The molecule has 0 aliphatic heterocycles. The summed E-state index contributed by atoms with van der Waals surface area (Å²) in [5.74, 6) is -0.564. The smallest absolute Gasteiger partial charge is 0.263 e. The zero-order valence-corrected chi connectivity index (χ0v) is 11.2. The molecule has 19 heavy (non-hydrogen) atoms. The van der Waals surface area contributed by atoms with Crippen LogP contribution in [-0.2, 0) is 9.84 Å². The first kappa shape index (κ1) is 13.3. The number of carbonyl (C=O) groups excluding carboxylic acids is 1. The molecule has 0 fully saturated rings. The summed E-state index contributed by atoms with van der Waals surface area (Å²) < 4.78 is 27.7. The molecule has 0 saturated heterocycles. The molecule has 2 aromatic rings. The van der Waals surface area contributed by atoms with Crippen molar-refractivity contribution in [1.82, 2.24) is 5.16 Å². The number of nitrogens with one attached hydrogen (secondary N) is 1. The van der Waals surface area contributed by atoms with Crippen LogP contribution in [0.15, 0.2) is 39.9 Å². The molecule has 0 atom stereocenters. The van der Waals surface area contributed by atoms with Gasteiger partial charge in [0.05, 0.1) is 5.69 Å². The number of amides is 1. The van der Waals surface area contributed by atoms with Gasteiger partial charge >= 0.3 is 0 Å². The highest BCUT2D eigenvalue weighted by Crippen LogP contribution is 2.20. The van der Waals surface area contributed by atoms with Crippen LogP contribution in [0.4, 0.5) is 5.69 Å². The summed E-state index contributed by atoms with van der Waals surface area (Å²) in [7, 11) is -3.64. The molecule has 0 unspecified atom stereocenters. The number of para-hydroxylation sites is 1. The maximum Gasteiger partial charge on any atom is 0.263 e. The van der Waals surface area contributed by atoms with E-state index in [2.05, 4.69) is 10.5 Å². The van der Waals surface area contributed by atoms with E-state index >= 15 is 0 Å². The number of hydrogen-bond donors (Lipinski definition) is 1. The minimum atomic E-state index is -3.64. The summed E-state index contributed by atoms with van der Waals surface area (Å²) in [5, 5.41) is 5.71. The van der Waals surface area contributed by atoms with Gasteiger partial charge < -0.3 is 9.84 Å². The third-order valence-electron chi connectivity index (χ3n) is 2.43. The van der Waals surface area contributed by atoms with Crippen LogP contribution in [0.3, 0.4) is 0 Å². The number of aromatic nitrogens is 1. The van der Waals surface area contributed by atoms with Crippen LogP contribution in [0.25, 0.3) is 0 Å². The SMILES string of the molecule is Cc1noc(S(C)(=O)=O)c1C(=O)Nc1ccccc1. The Morgan fingerprint density at radius 2 is 1.89 bits per heavy atom. The molecule has 0 radical (unpaired) electrons. The van der Waals surface area contributed by atoms with Crippen molar-refractivity contribution < 1.29 is 17.7 Å². The maximum atomic E-state index is 12.1. The minimum Gasteiger partial charge on any atom is -0.343 e. The van der Waals surface area contributed by atoms with Crippen LogP contribution < -0.4 is 5.32 Å². The lowest BCUT2D eigenvalue weighted by Gasteiger charge is -2.04. The normalized spacial score (nSPS) is 11.3. The summed E-state index contributed by atoms with van der Waals surface area (Å²) in [6.07, 6.45) is 0.965. The van der Waals surface area contributed by atoms with Crippen LogP contribution in [0, 0.1) is 6.92 Å².